The van der Waals surface area contributed by atoms with E-state index in [0.29, 0.717) is 16.7 Å². The highest BCUT2D eigenvalue weighted by Crippen LogP contribution is 2.24. The van der Waals surface area contributed by atoms with Crippen LogP contribution in [0.15, 0.2) is 41.3 Å². The van der Waals surface area contributed by atoms with Gasteiger partial charge in [0.25, 0.3) is 0 Å². The van der Waals surface area contributed by atoms with Crippen molar-refractivity contribution in [2.24, 2.45) is 0 Å². The van der Waals surface area contributed by atoms with Gasteiger partial charge in [-0.05, 0) is 49.9 Å². The monoisotopic (exact) mass is 335 g/mol. The molecule has 1 N–H and O–H groups in total. The van der Waals surface area contributed by atoms with Crippen molar-refractivity contribution in [2.75, 3.05) is 6.54 Å². The summed E-state index contributed by atoms with van der Waals surface area (Å²) in [5.74, 6) is 0. The fourth-order valence-corrected chi connectivity index (χ4v) is 4.37. The highest BCUT2D eigenvalue weighted by molar-refractivity contribution is 7.89. The highest BCUT2D eigenvalue weighted by Gasteiger charge is 2.22. The van der Waals surface area contributed by atoms with Crippen molar-refractivity contribution in [3.63, 3.8) is 0 Å². The Labute approximate surface area is 137 Å². The fraction of sp³-hybridized carbons (Fsp3) is 0.333. The summed E-state index contributed by atoms with van der Waals surface area (Å²) in [6, 6.07) is 10.7. The van der Waals surface area contributed by atoms with Gasteiger partial charge in [-0.1, -0.05) is 42.0 Å². The van der Waals surface area contributed by atoms with Crippen molar-refractivity contribution >= 4 is 10.0 Å². The molecule has 0 heterocycles. The van der Waals surface area contributed by atoms with Crippen molar-refractivity contribution in [2.45, 2.75) is 38.8 Å². The average Bonchev–Trinajstić information content (AvgIpc) is 2.44. The van der Waals surface area contributed by atoms with E-state index in [1.54, 1.807) is 26.0 Å². The Bertz CT molecular complexity index is 793. The van der Waals surface area contributed by atoms with Crippen LogP contribution in [0.2, 0.25) is 0 Å². The molecule has 1 atom stereocenters. The van der Waals surface area contributed by atoms with Gasteiger partial charge in [-0.25, -0.2) is 17.5 Å². The molecule has 0 saturated carbocycles. The van der Waals surface area contributed by atoms with Crippen LogP contribution >= 0.6 is 0 Å². The lowest BCUT2D eigenvalue weighted by Gasteiger charge is -2.15. The number of alkyl halides is 1. The van der Waals surface area contributed by atoms with E-state index < -0.39 is 16.2 Å². The Kier molecular flexibility index (Phi) is 5.22. The zero-order valence-corrected chi connectivity index (χ0v) is 14.7. The number of aryl methyl sites for hydroxylation is 4. The van der Waals surface area contributed by atoms with Crippen LogP contribution in [-0.4, -0.2) is 15.0 Å². The average molecular weight is 335 g/mol. The number of hydrogen-bond donors (Lipinski definition) is 1. The second-order valence-corrected chi connectivity index (χ2v) is 7.61. The fourth-order valence-electron chi connectivity index (χ4n) is 2.89. The molecule has 0 spiro atoms. The summed E-state index contributed by atoms with van der Waals surface area (Å²) in [6.45, 7) is 6.95. The van der Waals surface area contributed by atoms with Gasteiger partial charge in [0.15, 0.2) is 0 Å². The van der Waals surface area contributed by atoms with Crippen molar-refractivity contribution in [3.8, 4) is 0 Å². The van der Waals surface area contributed by atoms with Gasteiger partial charge in [0.2, 0.25) is 10.0 Å². The van der Waals surface area contributed by atoms with Crippen LogP contribution in [0.3, 0.4) is 0 Å². The molecule has 0 amide bonds. The maximum Gasteiger partial charge on any atom is 0.241 e. The number of benzene rings is 2. The molecule has 0 saturated heterocycles. The lowest BCUT2D eigenvalue weighted by atomic mass is 10.1. The van der Waals surface area contributed by atoms with Crippen molar-refractivity contribution in [3.05, 3.63) is 64.2 Å². The van der Waals surface area contributed by atoms with Crippen LogP contribution in [0.25, 0.3) is 0 Å². The third-order valence-electron chi connectivity index (χ3n) is 3.85. The molecule has 0 aliphatic carbocycles. The van der Waals surface area contributed by atoms with E-state index in [-0.39, 0.29) is 11.4 Å². The molecule has 2 aromatic carbocycles. The summed E-state index contributed by atoms with van der Waals surface area (Å²) in [5, 5.41) is 0. The number of hydrogen-bond acceptors (Lipinski definition) is 2. The van der Waals surface area contributed by atoms with Crippen LogP contribution in [0.4, 0.5) is 4.39 Å². The Morgan fingerprint density at radius 1 is 1.00 bits per heavy atom. The SMILES string of the molecule is Cc1cc(C)c(S(=O)(=O)NCC(F)c2ccccc2C)c(C)c1. The normalized spacial score (nSPS) is 13.1. The van der Waals surface area contributed by atoms with Crippen molar-refractivity contribution in [1.82, 2.24) is 4.72 Å². The van der Waals surface area contributed by atoms with E-state index in [1.807, 2.05) is 38.1 Å². The highest BCUT2D eigenvalue weighted by atomic mass is 32.2. The Morgan fingerprint density at radius 3 is 2.13 bits per heavy atom. The minimum atomic E-state index is -3.74. The third-order valence-corrected chi connectivity index (χ3v) is 5.58. The maximum atomic E-state index is 14.4. The van der Waals surface area contributed by atoms with Crippen LogP contribution < -0.4 is 4.72 Å². The molecule has 2 rings (SSSR count). The first-order chi connectivity index (χ1) is 10.7. The quantitative estimate of drug-likeness (QED) is 0.900. The molecule has 0 aliphatic rings. The molecule has 1 unspecified atom stereocenters. The second kappa shape index (κ2) is 6.81. The van der Waals surface area contributed by atoms with Gasteiger partial charge in [-0.15, -0.1) is 0 Å². The minimum absolute atomic E-state index is 0.236. The van der Waals surface area contributed by atoms with E-state index in [1.165, 1.54) is 0 Å². The smallest absolute Gasteiger partial charge is 0.241 e. The summed E-state index contributed by atoms with van der Waals surface area (Å²) < 4.78 is 41.8. The van der Waals surface area contributed by atoms with Gasteiger partial charge >= 0.3 is 0 Å². The Morgan fingerprint density at radius 2 is 1.57 bits per heavy atom. The second-order valence-electron chi connectivity index (χ2n) is 5.90. The number of sulfonamides is 1. The first-order valence-corrected chi connectivity index (χ1v) is 8.98. The first-order valence-electron chi connectivity index (χ1n) is 7.49. The van der Waals surface area contributed by atoms with E-state index in [2.05, 4.69) is 4.72 Å². The van der Waals surface area contributed by atoms with Crippen molar-refractivity contribution < 1.29 is 12.8 Å². The molecule has 0 bridgehead atoms. The topological polar surface area (TPSA) is 46.2 Å². The predicted octanol–water partition coefficient (Wildman–Crippen LogP) is 3.91. The van der Waals surface area contributed by atoms with E-state index >= 15 is 0 Å². The predicted molar refractivity (Wildman–Crippen MR) is 90.9 cm³/mol. The molecule has 5 heteroatoms. The lowest BCUT2D eigenvalue weighted by Crippen LogP contribution is -2.28. The van der Waals surface area contributed by atoms with Gasteiger partial charge in [-0.3, -0.25) is 0 Å². The van der Waals surface area contributed by atoms with E-state index in [4.69, 9.17) is 0 Å². The first kappa shape index (κ1) is 17.6. The van der Waals surface area contributed by atoms with Crippen molar-refractivity contribution in [1.29, 1.82) is 0 Å². The van der Waals surface area contributed by atoms with Crippen LogP contribution in [0, 0.1) is 27.7 Å². The Hall–Kier alpha value is -1.72. The van der Waals surface area contributed by atoms with Gasteiger partial charge < -0.3 is 0 Å². The molecule has 0 fully saturated rings. The minimum Gasteiger partial charge on any atom is -0.241 e. The van der Waals surface area contributed by atoms with Crippen LogP contribution in [0.1, 0.15) is 34.0 Å². The van der Waals surface area contributed by atoms with E-state index in [9.17, 15) is 12.8 Å². The van der Waals surface area contributed by atoms with Gasteiger partial charge in [-0.2, -0.15) is 0 Å². The number of rotatable bonds is 5. The molecule has 3 nitrogen and oxygen atoms in total. The summed E-state index contributed by atoms with van der Waals surface area (Å²) >= 11 is 0. The molecule has 0 aliphatic heterocycles. The zero-order chi connectivity index (χ0) is 17.2. The largest absolute Gasteiger partial charge is 0.241 e. The molecule has 0 radical (unpaired) electrons. The number of nitrogens with one attached hydrogen (secondary N) is 1. The maximum absolute atomic E-state index is 14.4. The van der Waals surface area contributed by atoms with Gasteiger partial charge in [0.05, 0.1) is 4.90 Å². The van der Waals surface area contributed by atoms with E-state index in [0.717, 1.165) is 11.1 Å². The number of halogens is 1. The molecule has 0 aromatic heterocycles. The van der Waals surface area contributed by atoms with Crippen LogP contribution in [-0.2, 0) is 10.0 Å². The Balaban J connectivity index is 2.22. The lowest BCUT2D eigenvalue weighted by molar-refractivity contribution is 0.342. The van der Waals surface area contributed by atoms with Crippen LogP contribution in [0.5, 0.6) is 0 Å². The molecular weight excluding hydrogens is 313 g/mol. The summed E-state index contributed by atoms with van der Waals surface area (Å²) in [4.78, 5) is 0.236. The van der Waals surface area contributed by atoms with Gasteiger partial charge in [0, 0.05) is 6.54 Å². The summed E-state index contributed by atoms with van der Waals surface area (Å²) in [5.41, 5.74) is 3.65. The molecule has 124 valence electrons. The molecular formula is C18H22FNO2S. The summed E-state index contributed by atoms with van der Waals surface area (Å²) in [7, 11) is -3.74. The standard InChI is InChI=1S/C18H22FNO2S/c1-12-9-14(3)18(15(4)10-12)23(21,22)20-11-17(19)16-8-6-5-7-13(16)2/h5-10,17,20H,11H2,1-4H3. The molecule has 23 heavy (non-hydrogen) atoms. The third kappa shape index (κ3) is 3.98. The van der Waals surface area contributed by atoms with Gasteiger partial charge in [0.1, 0.15) is 6.17 Å². The summed E-state index contributed by atoms with van der Waals surface area (Å²) in [6.07, 6.45) is -1.38. The molecule has 2 aromatic rings. The zero-order valence-electron chi connectivity index (χ0n) is 13.9.